The highest BCUT2D eigenvalue weighted by molar-refractivity contribution is 8.13. The van der Waals surface area contributed by atoms with Crippen molar-refractivity contribution in [3.05, 3.63) is 27.8 Å². The van der Waals surface area contributed by atoms with Gasteiger partial charge in [0.05, 0.1) is 16.4 Å². The molecule has 0 heterocycles. The van der Waals surface area contributed by atoms with Crippen LogP contribution in [0.15, 0.2) is 17.0 Å². The molecule has 0 radical (unpaired) electrons. The summed E-state index contributed by atoms with van der Waals surface area (Å²) in [6.45, 7) is 1.69. The lowest BCUT2D eigenvalue weighted by molar-refractivity contribution is -0.386. The Kier molecular flexibility index (Phi) is 5.36. The minimum Gasteiger partial charge on any atom is -0.487 e. The first-order valence-electron chi connectivity index (χ1n) is 5.57. The van der Waals surface area contributed by atoms with E-state index in [-0.39, 0.29) is 22.8 Å². The predicted octanol–water partition coefficient (Wildman–Crippen LogP) is 2.62. The van der Waals surface area contributed by atoms with Crippen molar-refractivity contribution in [1.29, 1.82) is 0 Å². The molecule has 6 nitrogen and oxygen atoms in total. The Morgan fingerprint density at radius 2 is 2.15 bits per heavy atom. The first kappa shape index (κ1) is 16.3. The minimum absolute atomic E-state index is 0.00594. The van der Waals surface area contributed by atoms with Crippen LogP contribution in [0, 0.1) is 29.4 Å². The van der Waals surface area contributed by atoms with Crippen molar-refractivity contribution in [2.45, 2.75) is 24.7 Å². The lowest BCUT2D eigenvalue weighted by Crippen LogP contribution is -2.03. The van der Waals surface area contributed by atoms with E-state index in [0.29, 0.717) is 12.8 Å². The summed E-state index contributed by atoms with van der Waals surface area (Å²) in [5, 5.41) is 11.0. The second-order valence-electron chi connectivity index (χ2n) is 3.94. The van der Waals surface area contributed by atoms with Gasteiger partial charge in [-0.25, -0.2) is 8.42 Å². The van der Waals surface area contributed by atoms with Gasteiger partial charge < -0.3 is 4.74 Å². The number of nitrogens with zero attached hydrogens (tertiary/aromatic N) is 1. The van der Waals surface area contributed by atoms with E-state index >= 15 is 0 Å². The molecule has 0 saturated carbocycles. The van der Waals surface area contributed by atoms with E-state index in [4.69, 9.17) is 21.8 Å². The summed E-state index contributed by atoms with van der Waals surface area (Å²) in [5.74, 6) is 2.42. The van der Waals surface area contributed by atoms with Crippen molar-refractivity contribution in [3.63, 3.8) is 0 Å². The average molecular weight is 318 g/mol. The molecule has 1 aromatic rings. The van der Waals surface area contributed by atoms with Crippen LogP contribution in [-0.2, 0) is 9.05 Å². The third-order valence-electron chi connectivity index (χ3n) is 2.44. The van der Waals surface area contributed by atoms with Gasteiger partial charge in [-0.05, 0) is 25.0 Å². The van der Waals surface area contributed by atoms with Gasteiger partial charge in [0.2, 0.25) is 0 Å². The molecule has 108 valence electrons. The van der Waals surface area contributed by atoms with Crippen molar-refractivity contribution < 1.29 is 18.1 Å². The molecular formula is C12H12ClNO5S. The molecule has 0 aromatic heterocycles. The molecule has 1 aromatic carbocycles. The molecule has 0 atom stereocenters. The van der Waals surface area contributed by atoms with Crippen LogP contribution in [0.25, 0.3) is 0 Å². The summed E-state index contributed by atoms with van der Waals surface area (Å²) in [6, 6.07) is 2.18. The Labute approximate surface area is 121 Å². The fraction of sp³-hybridized carbons (Fsp3) is 0.333. The Morgan fingerprint density at radius 1 is 1.50 bits per heavy atom. The summed E-state index contributed by atoms with van der Waals surface area (Å²) in [4.78, 5) is 9.93. The molecular weight excluding hydrogens is 306 g/mol. The number of unbranched alkanes of at least 4 members (excludes halogenated alkanes) is 1. The molecule has 0 bridgehead atoms. The third kappa shape index (κ3) is 4.11. The number of hydrogen-bond acceptors (Lipinski definition) is 5. The predicted molar refractivity (Wildman–Crippen MR) is 74.4 cm³/mol. The number of nitro groups is 1. The maximum Gasteiger partial charge on any atom is 0.312 e. The Hall–Kier alpha value is -1.78. The van der Waals surface area contributed by atoms with Crippen LogP contribution < -0.4 is 4.74 Å². The number of hydrogen-bond donors (Lipinski definition) is 0. The van der Waals surface area contributed by atoms with Crippen molar-refractivity contribution in [1.82, 2.24) is 0 Å². The fourth-order valence-corrected chi connectivity index (χ4v) is 2.72. The smallest absolute Gasteiger partial charge is 0.312 e. The number of terminal acetylenes is 1. The van der Waals surface area contributed by atoms with Gasteiger partial charge in [0, 0.05) is 23.2 Å². The first-order chi connectivity index (χ1) is 9.27. The largest absolute Gasteiger partial charge is 0.487 e. The number of rotatable bonds is 6. The summed E-state index contributed by atoms with van der Waals surface area (Å²) in [7, 11) is 1.18. The van der Waals surface area contributed by atoms with Gasteiger partial charge in [-0.3, -0.25) is 10.1 Å². The topological polar surface area (TPSA) is 86.5 Å². The second kappa shape index (κ2) is 6.59. The summed E-state index contributed by atoms with van der Waals surface area (Å²) in [5.41, 5.74) is -0.173. The van der Waals surface area contributed by atoms with E-state index in [9.17, 15) is 18.5 Å². The molecule has 0 spiro atoms. The maximum absolute atomic E-state index is 11.3. The highest BCUT2D eigenvalue weighted by Crippen LogP contribution is 2.33. The van der Waals surface area contributed by atoms with Crippen LogP contribution in [0.3, 0.4) is 0 Å². The zero-order chi connectivity index (χ0) is 15.3. The molecule has 1 rings (SSSR count). The van der Waals surface area contributed by atoms with Crippen molar-refractivity contribution in [2.75, 3.05) is 6.61 Å². The highest BCUT2D eigenvalue weighted by atomic mass is 35.7. The molecule has 0 N–H and O–H groups in total. The molecule has 0 aliphatic carbocycles. The van der Waals surface area contributed by atoms with E-state index in [2.05, 4.69) is 5.92 Å². The normalized spacial score (nSPS) is 10.8. The van der Waals surface area contributed by atoms with Crippen LogP contribution in [0.2, 0.25) is 0 Å². The molecule has 0 fully saturated rings. The number of aryl methyl sites for hydroxylation is 1. The summed E-state index contributed by atoms with van der Waals surface area (Å²) < 4.78 is 27.9. The lowest BCUT2D eigenvalue weighted by atomic mass is 10.2. The highest BCUT2D eigenvalue weighted by Gasteiger charge is 2.23. The van der Waals surface area contributed by atoms with E-state index in [1.54, 1.807) is 0 Å². The SMILES string of the molecule is C#CCCCOc1cc(C)c(S(=O)(=O)Cl)cc1[N+](=O)[O-]. The molecule has 0 unspecified atom stereocenters. The van der Waals surface area contributed by atoms with Gasteiger partial charge >= 0.3 is 5.69 Å². The van der Waals surface area contributed by atoms with E-state index < -0.39 is 19.7 Å². The number of ether oxygens (including phenoxy) is 1. The van der Waals surface area contributed by atoms with E-state index in [1.165, 1.54) is 13.0 Å². The van der Waals surface area contributed by atoms with E-state index in [0.717, 1.165) is 6.07 Å². The summed E-state index contributed by atoms with van der Waals surface area (Å²) >= 11 is 0. The van der Waals surface area contributed by atoms with Gasteiger partial charge in [-0.2, -0.15) is 0 Å². The second-order valence-corrected chi connectivity index (χ2v) is 6.47. The molecule has 0 saturated heterocycles. The van der Waals surface area contributed by atoms with Crippen LogP contribution >= 0.6 is 10.7 Å². The number of nitro benzene ring substituents is 1. The zero-order valence-electron chi connectivity index (χ0n) is 10.6. The summed E-state index contributed by atoms with van der Waals surface area (Å²) in [6.07, 6.45) is 6.11. The molecule has 0 amide bonds. The van der Waals surface area contributed by atoms with Gasteiger partial charge in [-0.15, -0.1) is 12.3 Å². The van der Waals surface area contributed by atoms with Gasteiger partial charge in [0.1, 0.15) is 0 Å². The maximum atomic E-state index is 11.3. The quantitative estimate of drug-likeness (QED) is 0.265. The first-order valence-corrected chi connectivity index (χ1v) is 7.88. The van der Waals surface area contributed by atoms with E-state index in [1.807, 2.05) is 0 Å². The fourth-order valence-electron chi connectivity index (χ4n) is 1.53. The minimum atomic E-state index is -4.05. The lowest BCUT2D eigenvalue weighted by Gasteiger charge is -2.09. The van der Waals surface area contributed by atoms with Gasteiger partial charge in [0.25, 0.3) is 9.05 Å². The third-order valence-corrected chi connectivity index (χ3v) is 3.90. The number of halogens is 1. The molecule has 0 aliphatic heterocycles. The number of benzene rings is 1. The van der Waals surface area contributed by atoms with Crippen LogP contribution in [0.1, 0.15) is 18.4 Å². The Bertz CT molecular complexity index is 663. The molecule has 0 aliphatic rings. The van der Waals surface area contributed by atoms with Gasteiger partial charge in [0.15, 0.2) is 5.75 Å². The van der Waals surface area contributed by atoms with Crippen molar-refractivity contribution >= 4 is 25.4 Å². The van der Waals surface area contributed by atoms with Crippen LogP contribution in [-0.4, -0.2) is 19.9 Å². The standard InChI is InChI=1S/C12H12ClNO5S/c1-3-4-5-6-19-11-7-9(2)12(20(13,17)18)8-10(11)14(15)16/h1,7-8H,4-6H2,2H3. The zero-order valence-corrected chi connectivity index (χ0v) is 12.2. The van der Waals surface area contributed by atoms with Crippen molar-refractivity contribution in [2.24, 2.45) is 0 Å². The van der Waals surface area contributed by atoms with Crippen LogP contribution in [0.5, 0.6) is 5.75 Å². The van der Waals surface area contributed by atoms with Crippen molar-refractivity contribution in [3.8, 4) is 18.1 Å². The van der Waals surface area contributed by atoms with Crippen LogP contribution in [0.4, 0.5) is 5.69 Å². The molecule has 20 heavy (non-hydrogen) atoms. The average Bonchev–Trinajstić information content (AvgIpc) is 2.32. The molecule has 8 heteroatoms. The Morgan fingerprint density at radius 3 is 2.65 bits per heavy atom. The van der Waals surface area contributed by atoms with Gasteiger partial charge in [-0.1, -0.05) is 0 Å². The Balaban J connectivity index is 3.16. The monoisotopic (exact) mass is 317 g/mol.